The van der Waals surface area contributed by atoms with Crippen molar-refractivity contribution >= 4 is 0 Å². The highest BCUT2D eigenvalue weighted by Gasteiger charge is 2.24. The minimum Gasteiger partial charge on any atom is -0.393 e. The molecule has 0 aromatic rings. The van der Waals surface area contributed by atoms with E-state index in [1.54, 1.807) is 0 Å². The van der Waals surface area contributed by atoms with Crippen molar-refractivity contribution in [1.82, 2.24) is 4.90 Å². The Balaban J connectivity index is 2.26. The van der Waals surface area contributed by atoms with E-state index in [0.717, 1.165) is 13.0 Å². The average molecular weight is 143 g/mol. The van der Waals surface area contributed by atoms with Crippen LogP contribution >= 0.6 is 0 Å². The van der Waals surface area contributed by atoms with Crippen LogP contribution in [0.15, 0.2) is 0 Å². The van der Waals surface area contributed by atoms with Gasteiger partial charge in [-0.25, -0.2) is 0 Å². The summed E-state index contributed by atoms with van der Waals surface area (Å²) in [5, 5.41) is 9.41. The van der Waals surface area contributed by atoms with Crippen LogP contribution in [-0.2, 0) is 0 Å². The zero-order valence-corrected chi connectivity index (χ0v) is 6.88. The first-order valence-corrected chi connectivity index (χ1v) is 4.03. The third kappa shape index (κ3) is 1.96. The lowest BCUT2D eigenvalue weighted by Gasteiger charge is -2.18. The fourth-order valence-corrected chi connectivity index (χ4v) is 1.70. The van der Waals surface area contributed by atoms with Gasteiger partial charge in [0.05, 0.1) is 6.10 Å². The standard InChI is InChI=1S/C8H17NO/c1-9(2)6-7-4-3-5-8(7)10/h7-8,10H,3-6H2,1-2H3/t7-,8-/m1/s1. The molecule has 0 unspecified atom stereocenters. The molecule has 0 radical (unpaired) electrons. The van der Waals surface area contributed by atoms with Gasteiger partial charge in [0.1, 0.15) is 0 Å². The number of hydrogen-bond acceptors (Lipinski definition) is 2. The summed E-state index contributed by atoms with van der Waals surface area (Å²) < 4.78 is 0. The second-order valence-corrected chi connectivity index (χ2v) is 3.52. The van der Waals surface area contributed by atoms with Crippen LogP contribution in [0.25, 0.3) is 0 Å². The van der Waals surface area contributed by atoms with Crippen LogP contribution in [-0.4, -0.2) is 36.8 Å². The van der Waals surface area contributed by atoms with Gasteiger partial charge in [0.25, 0.3) is 0 Å². The highest BCUT2D eigenvalue weighted by molar-refractivity contribution is 4.77. The Morgan fingerprint density at radius 2 is 2.10 bits per heavy atom. The largest absolute Gasteiger partial charge is 0.393 e. The lowest BCUT2D eigenvalue weighted by molar-refractivity contribution is 0.115. The van der Waals surface area contributed by atoms with Crippen LogP contribution in [0.3, 0.4) is 0 Å². The van der Waals surface area contributed by atoms with Crippen molar-refractivity contribution in [2.24, 2.45) is 5.92 Å². The van der Waals surface area contributed by atoms with Gasteiger partial charge < -0.3 is 10.0 Å². The predicted octanol–water partition coefficient (Wildman–Crippen LogP) is 0.709. The minimum absolute atomic E-state index is 0.0256. The number of aliphatic hydroxyl groups is 1. The molecule has 0 aliphatic heterocycles. The molecule has 1 N–H and O–H groups in total. The van der Waals surface area contributed by atoms with E-state index < -0.39 is 0 Å². The molecule has 0 aromatic heterocycles. The summed E-state index contributed by atoms with van der Waals surface area (Å²) >= 11 is 0. The molecule has 1 aliphatic carbocycles. The molecule has 1 aliphatic rings. The molecule has 2 atom stereocenters. The van der Waals surface area contributed by atoms with Crippen LogP contribution in [0.4, 0.5) is 0 Å². The second kappa shape index (κ2) is 3.35. The summed E-state index contributed by atoms with van der Waals surface area (Å²) in [7, 11) is 4.12. The van der Waals surface area contributed by atoms with Crippen molar-refractivity contribution in [3.05, 3.63) is 0 Å². The molecule has 0 heterocycles. The number of aliphatic hydroxyl groups excluding tert-OH is 1. The van der Waals surface area contributed by atoms with Crippen molar-refractivity contribution < 1.29 is 5.11 Å². The summed E-state index contributed by atoms with van der Waals surface area (Å²) in [5.41, 5.74) is 0. The molecule has 0 spiro atoms. The van der Waals surface area contributed by atoms with Crippen molar-refractivity contribution in [3.63, 3.8) is 0 Å². The smallest absolute Gasteiger partial charge is 0.0580 e. The van der Waals surface area contributed by atoms with Crippen molar-refractivity contribution in [3.8, 4) is 0 Å². The fourth-order valence-electron chi connectivity index (χ4n) is 1.70. The minimum atomic E-state index is -0.0256. The normalized spacial score (nSPS) is 33.6. The van der Waals surface area contributed by atoms with E-state index >= 15 is 0 Å². The third-order valence-electron chi connectivity index (χ3n) is 2.22. The van der Waals surface area contributed by atoms with E-state index in [1.807, 2.05) is 0 Å². The molecule has 10 heavy (non-hydrogen) atoms. The van der Waals surface area contributed by atoms with Gasteiger partial charge in [0, 0.05) is 6.54 Å². The predicted molar refractivity (Wildman–Crippen MR) is 41.9 cm³/mol. The van der Waals surface area contributed by atoms with Gasteiger partial charge in [-0.15, -0.1) is 0 Å². The first-order chi connectivity index (χ1) is 4.70. The topological polar surface area (TPSA) is 23.5 Å². The first kappa shape index (κ1) is 8.02. The second-order valence-electron chi connectivity index (χ2n) is 3.52. The van der Waals surface area contributed by atoms with Gasteiger partial charge in [-0.2, -0.15) is 0 Å². The summed E-state index contributed by atoms with van der Waals surface area (Å²) in [4.78, 5) is 2.15. The lowest BCUT2D eigenvalue weighted by Crippen LogP contribution is -2.26. The number of nitrogens with zero attached hydrogens (tertiary/aromatic N) is 1. The summed E-state index contributed by atoms with van der Waals surface area (Å²) in [5.74, 6) is 0.537. The molecule has 0 amide bonds. The van der Waals surface area contributed by atoms with Crippen LogP contribution in [0.2, 0.25) is 0 Å². The zero-order chi connectivity index (χ0) is 7.56. The first-order valence-electron chi connectivity index (χ1n) is 4.03. The molecule has 1 saturated carbocycles. The third-order valence-corrected chi connectivity index (χ3v) is 2.22. The molecule has 0 aromatic carbocycles. The molecule has 2 nitrogen and oxygen atoms in total. The maximum Gasteiger partial charge on any atom is 0.0580 e. The summed E-state index contributed by atoms with van der Waals surface area (Å²) in [6.45, 7) is 1.04. The SMILES string of the molecule is CN(C)C[C@H]1CCC[C@H]1O. The van der Waals surface area contributed by atoms with Crippen LogP contribution in [0.5, 0.6) is 0 Å². The van der Waals surface area contributed by atoms with Gasteiger partial charge in [0.15, 0.2) is 0 Å². The Morgan fingerprint density at radius 1 is 1.40 bits per heavy atom. The van der Waals surface area contributed by atoms with Crippen LogP contribution in [0, 0.1) is 5.92 Å². The average Bonchev–Trinajstić information content (AvgIpc) is 2.15. The maximum atomic E-state index is 9.41. The lowest BCUT2D eigenvalue weighted by atomic mass is 10.1. The highest BCUT2D eigenvalue weighted by atomic mass is 16.3. The molecular weight excluding hydrogens is 126 g/mol. The van der Waals surface area contributed by atoms with Gasteiger partial charge >= 0.3 is 0 Å². The van der Waals surface area contributed by atoms with E-state index in [-0.39, 0.29) is 6.10 Å². The summed E-state index contributed by atoms with van der Waals surface area (Å²) in [6.07, 6.45) is 3.40. The number of hydrogen-bond donors (Lipinski definition) is 1. The summed E-state index contributed by atoms with van der Waals surface area (Å²) in [6, 6.07) is 0. The number of rotatable bonds is 2. The Bertz CT molecular complexity index is 103. The van der Waals surface area contributed by atoms with E-state index in [4.69, 9.17) is 0 Å². The fraction of sp³-hybridized carbons (Fsp3) is 1.00. The van der Waals surface area contributed by atoms with Crippen molar-refractivity contribution in [2.45, 2.75) is 25.4 Å². The maximum absolute atomic E-state index is 9.41. The van der Waals surface area contributed by atoms with E-state index in [1.165, 1.54) is 12.8 Å². The molecule has 0 bridgehead atoms. The molecule has 2 heteroatoms. The Labute approximate surface area is 62.8 Å². The van der Waals surface area contributed by atoms with Gasteiger partial charge in [0.2, 0.25) is 0 Å². The molecular formula is C8H17NO. The van der Waals surface area contributed by atoms with Crippen LogP contribution < -0.4 is 0 Å². The van der Waals surface area contributed by atoms with Crippen LogP contribution in [0.1, 0.15) is 19.3 Å². The van der Waals surface area contributed by atoms with E-state index in [2.05, 4.69) is 19.0 Å². The van der Waals surface area contributed by atoms with E-state index in [0.29, 0.717) is 5.92 Å². The highest BCUT2D eigenvalue weighted by Crippen LogP contribution is 2.25. The Kier molecular flexibility index (Phi) is 2.69. The van der Waals surface area contributed by atoms with E-state index in [9.17, 15) is 5.11 Å². The van der Waals surface area contributed by atoms with Gasteiger partial charge in [-0.05, 0) is 32.9 Å². The quantitative estimate of drug-likeness (QED) is 0.615. The molecule has 1 fully saturated rings. The Hall–Kier alpha value is -0.0800. The molecule has 0 saturated heterocycles. The Morgan fingerprint density at radius 3 is 2.50 bits per heavy atom. The van der Waals surface area contributed by atoms with Gasteiger partial charge in [-0.3, -0.25) is 0 Å². The molecule has 1 rings (SSSR count). The zero-order valence-electron chi connectivity index (χ0n) is 6.88. The van der Waals surface area contributed by atoms with Crippen molar-refractivity contribution in [2.75, 3.05) is 20.6 Å². The van der Waals surface area contributed by atoms with Crippen molar-refractivity contribution in [1.29, 1.82) is 0 Å². The van der Waals surface area contributed by atoms with Gasteiger partial charge in [-0.1, -0.05) is 6.42 Å². The monoisotopic (exact) mass is 143 g/mol. The molecule has 60 valence electrons.